The molecule has 2 rings (SSSR count). The summed E-state index contributed by atoms with van der Waals surface area (Å²) in [5.41, 5.74) is 1.71. The van der Waals surface area contributed by atoms with E-state index in [2.05, 4.69) is 5.32 Å². The summed E-state index contributed by atoms with van der Waals surface area (Å²) in [6.45, 7) is 9.54. The first-order valence-corrected chi connectivity index (χ1v) is 8.54. The molecule has 0 unspecified atom stereocenters. The monoisotopic (exact) mass is 332 g/mol. The number of ether oxygens (including phenoxy) is 1. The highest BCUT2D eigenvalue weighted by Crippen LogP contribution is 2.19. The first kappa shape index (κ1) is 18.3. The Morgan fingerprint density at radius 3 is 2.67 bits per heavy atom. The molecule has 0 saturated carbocycles. The molecule has 0 bridgehead atoms. The summed E-state index contributed by atoms with van der Waals surface area (Å²) in [6.07, 6.45) is 1.02. The maximum atomic E-state index is 12.1. The molecule has 5 nitrogen and oxygen atoms in total. The van der Waals surface area contributed by atoms with Crippen LogP contribution in [0.15, 0.2) is 24.3 Å². The number of hydrogen-bond acceptors (Lipinski definition) is 3. The van der Waals surface area contributed by atoms with Crippen LogP contribution >= 0.6 is 0 Å². The van der Waals surface area contributed by atoms with Gasteiger partial charge < -0.3 is 15.0 Å². The zero-order valence-electron chi connectivity index (χ0n) is 15.1. The second kappa shape index (κ2) is 7.69. The molecule has 2 amide bonds. The Kier molecular flexibility index (Phi) is 5.86. The van der Waals surface area contributed by atoms with Crippen LogP contribution in [-0.4, -0.2) is 42.1 Å². The third kappa shape index (κ3) is 5.55. The van der Waals surface area contributed by atoms with Gasteiger partial charge in [-0.05, 0) is 51.2 Å². The fourth-order valence-electron chi connectivity index (χ4n) is 2.79. The van der Waals surface area contributed by atoms with E-state index in [1.165, 1.54) is 0 Å². The molecule has 24 heavy (non-hydrogen) atoms. The predicted molar refractivity (Wildman–Crippen MR) is 93.8 cm³/mol. The average Bonchev–Trinajstić information content (AvgIpc) is 2.95. The molecular formula is C19H28N2O3. The van der Waals surface area contributed by atoms with Gasteiger partial charge in [0.2, 0.25) is 5.91 Å². The first-order chi connectivity index (χ1) is 11.2. The van der Waals surface area contributed by atoms with Gasteiger partial charge >= 0.3 is 6.09 Å². The summed E-state index contributed by atoms with van der Waals surface area (Å²) >= 11 is 0. The van der Waals surface area contributed by atoms with Crippen molar-refractivity contribution in [3.63, 3.8) is 0 Å². The third-order valence-corrected chi connectivity index (χ3v) is 4.14. The van der Waals surface area contributed by atoms with Crippen LogP contribution in [0, 0.1) is 12.8 Å². The van der Waals surface area contributed by atoms with Crippen LogP contribution < -0.4 is 5.32 Å². The lowest BCUT2D eigenvalue weighted by Crippen LogP contribution is -2.36. The Balaban J connectivity index is 1.75. The fourth-order valence-corrected chi connectivity index (χ4v) is 2.79. The van der Waals surface area contributed by atoms with Crippen LogP contribution in [-0.2, 0) is 16.0 Å². The van der Waals surface area contributed by atoms with Crippen molar-refractivity contribution in [3.05, 3.63) is 35.4 Å². The third-order valence-electron chi connectivity index (χ3n) is 4.14. The van der Waals surface area contributed by atoms with Crippen molar-refractivity contribution in [2.24, 2.45) is 5.92 Å². The molecule has 0 spiro atoms. The summed E-state index contributed by atoms with van der Waals surface area (Å²) in [7, 11) is 0. The van der Waals surface area contributed by atoms with E-state index in [9.17, 15) is 9.59 Å². The molecule has 1 saturated heterocycles. The van der Waals surface area contributed by atoms with Gasteiger partial charge in [0.25, 0.3) is 0 Å². The van der Waals surface area contributed by atoms with E-state index >= 15 is 0 Å². The zero-order chi connectivity index (χ0) is 17.7. The highest BCUT2D eigenvalue weighted by Gasteiger charge is 2.29. The Labute approximate surface area is 144 Å². The van der Waals surface area contributed by atoms with E-state index in [1.807, 2.05) is 52.0 Å². The lowest BCUT2D eigenvalue weighted by molar-refractivity contribution is -0.120. The number of carbonyl (C=O) groups is 2. The molecule has 1 aromatic carbocycles. The summed E-state index contributed by atoms with van der Waals surface area (Å²) in [5, 5.41) is 2.99. The molecule has 1 aliphatic heterocycles. The van der Waals surface area contributed by atoms with E-state index < -0.39 is 5.60 Å². The van der Waals surface area contributed by atoms with Crippen LogP contribution in [0.2, 0.25) is 0 Å². The summed E-state index contributed by atoms with van der Waals surface area (Å²) in [6, 6.07) is 7.92. The fraction of sp³-hybridized carbons (Fsp3) is 0.579. The van der Waals surface area contributed by atoms with Crippen LogP contribution in [0.25, 0.3) is 0 Å². The quantitative estimate of drug-likeness (QED) is 0.922. The molecule has 1 heterocycles. The number of carbonyl (C=O) groups excluding carboxylic acids is 2. The maximum Gasteiger partial charge on any atom is 0.410 e. The lowest BCUT2D eigenvalue weighted by atomic mass is 10.1. The number of likely N-dealkylation sites (tertiary alicyclic amines) is 1. The van der Waals surface area contributed by atoms with Gasteiger partial charge in [-0.15, -0.1) is 0 Å². The minimum absolute atomic E-state index is 0.0278. The van der Waals surface area contributed by atoms with Crippen LogP contribution in [0.3, 0.4) is 0 Å². The highest BCUT2D eigenvalue weighted by molar-refractivity contribution is 5.78. The van der Waals surface area contributed by atoms with Gasteiger partial charge in [0.15, 0.2) is 0 Å². The van der Waals surface area contributed by atoms with Crippen molar-refractivity contribution >= 4 is 12.0 Å². The number of rotatable bonds is 4. The second-order valence-corrected chi connectivity index (χ2v) is 7.49. The van der Waals surface area contributed by atoms with Crippen molar-refractivity contribution in [1.29, 1.82) is 0 Å². The van der Waals surface area contributed by atoms with Gasteiger partial charge in [-0.1, -0.05) is 24.3 Å². The molecule has 0 aliphatic carbocycles. The number of nitrogens with zero attached hydrogens (tertiary/aromatic N) is 1. The summed E-state index contributed by atoms with van der Waals surface area (Å²) < 4.78 is 5.39. The van der Waals surface area contributed by atoms with Crippen molar-refractivity contribution in [2.75, 3.05) is 19.6 Å². The van der Waals surface area contributed by atoms with Crippen molar-refractivity contribution in [2.45, 2.75) is 46.1 Å². The van der Waals surface area contributed by atoms with Crippen molar-refractivity contribution in [3.8, 4) is 0 Å². The predicted octanol–water partition coefficient (Wildman–Crippen LogP) is 2.91. The Hall–Kier alpha value is -2.04. The molecule has 0 aromatic heterocycles. The van der Waals surface area contributed by atoms with Crippen molar-refractivity contribution < 1.29 is 14.3 Å². The smallest absolute Gasteiger partial charge is 0.410 e. The maximum absolute atomic E-state index is 12.1. The number of benzene rings is 1. The van der Waals surface area contributed by atoms with E-state index in [1.54, 1.807) is 4.90 Å². The second-order valence-electron chi connectivity index (χ2n) is 7.49. The van der Waals surface area contributed by atoms with Gasteiger partial charge in [-0.3, -0.25) is 4.79 Å². The van der Waals surface area contributed by atoms with E-state index in [0.717, 1.165) is 17.5 Å². The number of amides is 2. The van der Waals surface area contributed by atoms with Gasteiger partial charge in [0.1, 0.15) is 5.60 Å². The Morgan fingerprint density at radius 2 is 2.00 bits per heavy atom. The van der Waals surface area contributed by atoms with E-state index in [0.29, 0.717) is 32.0 Å². The number of aryl methyl sites for hydroxylation is 1. The molecule has 1 fully saturated rings. The molecule has 1 aliphatic rings. The SMILES string of the molecule is Cc1ccccc1CC(=O)NC[C@H]1CCN(C(=O)OC(C)(C)C)C1. The van der Waals surface area contributed by atoms with Crippen LogP contribution in [0.4, 0.5) is 4.79 Å². The van der Waals surface area contributed by atoms with Crippen LogP contribution in [0.5, 0.6) is 0 Å². The van der Waals surface area contributed by atoms with Crippen LogP contribution in [0.1, 0.15) is 38.3 Å². The largest absolute Gasteiger partial charge is 0.444 e. The van der Waals surface area contributed by atoms with Gasteiger partial charge in [0.05, 0.1) is 6.42 Å². The summed E-state index contributed by atoms with van der Waals surface area (Å²) in [5.74, 6) is 0.318. The van der Waals surface area contributed by atoms with Gasteiger partial charge in [-0.25, -0.2) is 4.79 Å². The molecule has 1 atom stereocenters. The highest BCUT2D eigenvalue weighted by atomic mass is 16.6. The van der Waals surface area contributed by atoms with Gasteiger partial charge in [0, 0.05) is 19.6 Å². The van der Waals surface area contributed by atoms with Crippen molar-refractivity contribution in [1.82, 2.24) is 10.2 Å². The lowest BCUT2D eigenvalue weighted by Gasteiger charge is -2.24. The first-order valence-electron chi connectivity index (χ1n) is 8.54. The number of hydrogen-bond donors (Lipinski definition) is 1. The number of nitrogens with one attached hydrogen (secondary N) is 1. The van der Waals surface area contributed by atoms with E-state index in [-0.39, 0.29) is 12.0 Å². The molecule has 1 aromatic rings. The van der Waals surface area contributed by atoms with E-state index in [4.69, 9.17) is 4.74 Å². The normalized spacial score (nSPS) is 17.7. The topological polar surface area (TPSA) is 58.6 Å². The molecule has 5 heteroatoms. The minimum atomic E-state index is -0.475. The molecule has 132 valence electrons. The standard InChI is InChI=1S/C19H28N2O3/c1-14-7-5-6-8-16(14)11-17(22)20-12-15-9-10-21(13-15)18(23)24-19(2,3)4/h5-8,15H,9-13H2,1-4H3,(H,20,22)/t15-/m1/s1. The summed E-state index contributed by atoms with van der Waals surface area (Å²) in [4.78, 5) is 25.9. The molecule has 0 radical (unpaired) electrons. The average molecular weight is 332 g/mol. The molecule has 1 N–H and O–H groups in total. The zero-order valence-corrected chi connectivity index (χ0v) is 15.1. The Bertz CT molecular complexity index is 593. The Morgan fingerprint density at radius 1 is 1.29 bits per heavy atom. The van der Waals surface area contributed by atoms with Gasteiger partial charge in [-0.2, -0.15) is 0 Å². The molecular weight excluding hydrogens is 304 g/mol. The minimum Gasteiger partial charge on any atom is -0.444 e.